The summed E-state index contributed by atoms with van der Waals surface area (Å²) in [7, 11) is 1.74. The van der Waals surface area contributed by atoms with Gasteiger partial charge in [0.1, 0.15) is 47.2 Å². The highest BCUT2D eigenvalue weighted by Crippen LogP contribution is 2.45. The van der Waals surface area contributed by atoms with Gasteiger partial charge in [0.25, 0.3) is 0 Å². The maximum Gasteiger partial charge on any atom is 0.319 e. The average Bonchev–Trinajstić information content (AvgIpc) is 3.55. The van der Waals surface area contributed by atoms with E-state index in [4.69, 9.17) is 25.6 Å². The van der Waals surface area contributed by atoms with Crippen LogP contribution < -0.4 is 14.4 Å². The molecule has 0 saturated carbocycles. The first kappa shape index (κ1) is 28.2. The highest BCUT2D eigenvalue weighted by atomic mass is 19.1. The summed E-state index contributed by atoms with van der Waals surface area (Å²) in [5.74, 6) is 1.56. The lowest BCUT2D eigenvalue weighted by Gasteiger charge is -2.35. The summed E-state index contributed by atoms with van der Waals surface area (Å²) >= 11 is 0. The molecular formula is C34H33F2N5O4. The van der Waals surface area contributed by atoms with Crippen LogP contribution >= 0.6 is 0 Å². The molecular weight excluding hydrogens is 580 g/mol. The fourth-order valence-corrected chi connectivity index (χ4v) is 7.86. The van der Waals surface area contributed by atoms with Crippen LogP contribution in [0.3, 0.4) is 0 Å². The second kappa shape index (κ2) is 10.7. The Morgan fingerprint density at radius 3 is 2.87 bits per heavy atom. The van der Waals surface area contributed by atoms with Gasteiger partial charge in [0, 0.05) is 31.1 Å². The highest BCUT2D eigenvalue weighted by molar-refractivity contribution is 6.04. The van der Waals surface area contributed by atoms with Crippen molar-refractivity contribution < 1.29 is 28.1 Å². The third-order valence-electron chi connectivity index (χ3n) is 10.1. The van der Waals surface area contributed by atoms with E-state index in [9.17, 15) is 9.50 Å². The van der Waals surface area contributed by atoms with Gasteiger partial charge in [0.05, 0.1) is 23.2 Å². The minimum atomic E-state index is -0.763. The van der Waals surface area contributed by atoms with Gasteiger partial charge in [0.2, 0.25) is 5.88 Å². The number of rotatable bonds is 5. The van der Waals surface area contributed by atoms with E-state index in [1.165, 1.54) is 24.3 Å². The molecule has 45 heavy (non-hydrogen) atoms. The number of phenolic OH excluding ortho intramolecular Hbond substituents is 1. The summed E-state index contributed by atoms with van der Waals surface area (Å²) in [4.78, 5) is 18.7. The largest absolute Gasteiger partial charge is 0.508 e. The molecule has 6 heterocycles. The monoisotopic (exact) mass is 613 g/mol. The fourth-order valence-electron chi connectivity index (χ4n) is 7.86. The maximum absolute atomic E-state index is 16.9. The molecule has 4 aliphatic heterocycles. The first-order valence-corrected chi connectivity index (χ1v) is 15.5. The van der Waals surface area contributed by atoms with Crippen LogP contribution in [0.4, 0.5) is 14.6 Å². The number of aromatic hydroxyl groups is 1. The number of methoxy groups -OCH3 is 1. The number of piperidine rings is 1. The van der Waals surface area contributed by atoms with E-state index in [0.29, 0.717) is 29.8 Å². The molecule has 0 spiro atoms. The van der Waals surface area contributed by atoms with Crippen LogP contribution in [0.1, 0.15) is 44.1 Å². The lowest BCUT2D eigenvalue weighted by Crippen LogP contribution is -2.44. The molecule has 9 nitrogen and oxygen atoms in total. The number of fused-ring (bicyclic) bond motifs is 4. The summed E-state index contributed by atoms with van der Waals surface area (Å²) < 4.78 is 50.1. The number of pyridine rings is 1. The number of aromatic nitrogens is 3. The molecule has 3 fully saturated rings. The molecule has 0 radical (unpaired) electrons. The van der Waals surface area contributed by atoms with Crippen molar-refractivity contribution in [3.8, 4) is 41.2 Å². The van der Waals surface area contributed by atoms with Crippen LogP contribution in [0.2, 0.25) is 0 Å². The number of anilines is 1. The van der Waals surface area contributed by atoms with Crippen LogP contribution in [0.15, 0.2) is 24.3 Å². The van der Waals surface area contributed by atoms with Crippen molar-refractivity contribution in [1.82, 2.24) is 19.9 Å². The average molecular weight is 614 g/mol. The van der Waals surface area contributed by atoms with E-state index in [1.807, 2.05) is 0 Å². The van der Waals surface area contributed by atoms with Gasteiger partial charge in [-0.2, -0.15) is 9.97 Å². The van der Waals surface area contributed by atoms with E-state index >= 15 is 4.39 Å². The number of hydrogen-bond acceptors (Lipinski definition) is 9. The van der Waals surface area contributed by atoms with Crippen LogP contribution in [0, 0.1) is 24.0 Å². The molecule has 1 N–H and O–H groups in total. The standard InChI is InChI=1S/C34H33F2N5O4/c1-3-23-25(35)9-8-19-13-21(42)14-24(26(19)23)29-28(36)30-27-31(41-12-5-4-7-20(41)17-44-32(27)37-29)39-33(38-30)45-18-34-10-6-11-40(34)16-22(15-34)43-2/h1,8-9,13-14,20,22,42H,4-7,10-12,15-18H2,2H3/t20-,22?,34?/m0/s1. The molecule has 2 unspecified atom stereocenters. The third kappa shape index (κ3) is 4.45. The molecule has 0 amide bonds. The Balaban J connectivity index is 1.31. The quantitative estimate of drug-likeness (QED) is 0.305. The van der Waals surface area contributed by atoms with Crippen LogP contribution in [0.5, 0.6) is 17.6 Å². The van der Waals surface area contributed by atoms with E-state index in [0.717, 1.165) is 58.2 Å². The zero-order valence-electron chi connectivity index (χ0n) is 25.0. The number of terminal acetylenes is 1. The second-order valence-electron chi connectivity index (χ2n) is 12.6. The molecule has 11 heteroatoms. The second-order valence-corrected chi connectivity index (χ2v) is 12.6. The lowest BCUT2D eigenvalue weighted by atomic mass is 9.94. The Bertz CT molecular complexity index is 1900. The Morgan fingerprint density at radius 1 is 1.13 bits per heavy atom. The van der Waals surface area contributed by atoms with Crippen molar-refractivity contribution in [2.75, 3.05) is 44.9 Å². The fraction of sp³-hybridized carbons (Fsp3) is 0.441. The van der Waals surface area contributed by atoms with Gasteiger partial charge in [0.15, 0.2) is 5.82 Å². The molecule has 0 bridgehead atoms. The van der Waals surface area contributed by atoms with Gasteiger partial charge in [-0.05, 0) is 68.7 Å². The molecule has 2 aromatic carbocycles. The molecule has 232 valence electrons. The number of ether oxygens (including phenoxy) is 3. The molecule has 3 atom stereocenters. The number of nitrogens with zero attached hydrogens (tertiary/aromatic N) is 5. The zero-order valence-corrected chi connectivity index (χ0v) is 25.0. The smallest absolute Gasteiger partial charge is 0.319 e. The van der Waals surface area contributed by atoms with E-state index < -0.39 is 11.6 Å². The van der Waals surface area contributed by atoms with Crippen LogP contribution in [-0.2, 0) is 4.74 Å². The van der Waals surface area contributed by atoms with E-state index in [-0.39, 0.29) is 63.0 Å². The summed E-state index contributed by atoms with van der Waals surface area (Å²) in [6, 6.07) is 5.61. The Labute approximate surface area is 259 Å². The normalized spacial score (nSPS) is 24.3. The number of phenols is 1. The lowest BCUT2D eigenvalue weighted by molar-refractivity contribution is 0.0997. The van der Waals surface area contributed by atoms with Gasteiger partial charge in [-0.1, -0.05) is 12.0 Å². The van der Waals surface area contributed by atoms with Crippen molar-refractivity contribution in [2.24, 2.45) is 0 Å². The van der Waals surface area contributed by atoms with Gasteiger partial charge >= 0.3 is 6.01 Å². The summed E-state index contributed by atoms with van der Waals surface area (Å²) in [6.45, 7) is 3.25. The van der Waals surface area contributed by atoms with Crippen molar-refractivity contribution in [3.63, 3.8) is 0 Å². The Hall–Kier alpha value is -4.27. The molecule has 4 aromatic rings. The summed E-state index contributed by atoms with van der Waals surface area (Å²) in [5.41, 5.74) is -0.272. The van der Waals surface area contributed by atoms with Crippen LogP contribution in [-0.4, -0.2) is 82.6 Å². The van der Waals surface area contributed by atoms with Crippen molar-refractivity contribution in [3.05, 3.63) is 41.5 Å². The summed E-state index contributed by atoms with van der Waals surface area (Å²) in [5, 5.41) is 11.7. The van der Waals surface area contributed by atoms with Gasteiger partial charge in [-0.25, -0.2) is 13.8 Å². The first-order chi connectivity index (χ1) is 21.9. The summed E-state index contributed by atoms with van der Waals surface area (Å²) in [6.07, 6.45) is 11.6. The maximum atomic E-state index is 16.9. The highest BCUT2D eigenvalue weighted by Gasteiger charge is 2.49. The van der Waals surface area contributed by atoms with Gasteiger partial charge in [-0.3, -0.25) is 4.90 Å². The molecule has 2 aromatic heterocycles. The van der Waals surface area contributed by atoms with Gasteiger partial charge in [-0.15, -0.1) is 6.42 Å². The Morgan fingerprint density at radius 2 is 2.02 bits per heavy atom. The predicted molar refractivity (Wildman–Crippen MR) is 165 cm³/mol. The predicted octanol–water partition coefficient (Wildman–Crippen LogP) is 5.19. The first-order valence-electron chi connectivity index (χ1n) is 15.5. The van der Waals surface area contributed by atoms with Gasteiger partial charge < -0.3 is 24.2 Å². The number of hydrogen-bond donors (Lipinski definition) is 1. The molecule has 0 aliphatic carbocycles. The third-order valence-corrected chi connectivity index (χ3v) is 10.1. The van der Waals surface area contributed by atoms with E-state index in [2.05, 4.69) is 25.7 Å². The Kier molecular flexibility index (Phi) is 6.69. The zero-order chi connectivity index (χ0) is 30.9. The molecule has 8 rings (SSSR count). The van der Waals surface area contributed by atoms with Crippen LogP contribution in [0.25, 0.3) is 32.9 Å². The SMILES string of the molecule is C#Cc1c(F)ccc2cc(O)cc(-c3nc4c5c(nc(OCC67CCCN6CC(OC)C7)nc5c3F)N3CCCC[C@H]3CO4)c12. The number of halogens is 2. The van der Waals surface area contributed by atoms with Crippen molar-refractivity contribution in [1.29, 1.82) is 0 Å². The molecule has 3 saturated heterocycles. The van der Waals surface area contributed by atoms with Crippen molar-refractivity contribution in [2.45, 2.75) is 56.2 Å². The number of benzene rings is 2. The van der Waals surface area contributed by atoms with Crippen molar-refractivity contribution >= 4 is 27.5 Å². The van der Waals surface area contributed by atoms with E-state index in [1.54, 1.807) is 7.11 Å². The topological polar surface area (TPSA) is 93.1 Å². The minimum absolute atomic E-state index is 0.0154. The molecule has 4 aliphatic rings. The minimum Gasteiger partial charge on any atom is -0.508 e.